The van der Waals surface area contributed by atoms with Gasteiger partial charge in [0, 0.05) is 12.0 Å². The molecule has 2 heteroatoms. The zero-order valence-electron chi connectivity index (χ0n) is 10.8. The van der Waals surface area contributed by atoms with E-state index in [0.717, 1.165) is 18.8 Å². The minimum absolute atomic E-state index is 0.102. The minimum Gasteiger partial charge on any atom is -0.353 e. The minimum atomic E-state index is 0.102. The van der Waals surface area contributed by atoms with Crippen LogP contribution in [0.25, 0.3) is 0 Å². The Hall–Kier alpha value is -0.530. The van der Waals surface area contributed by atoms with Gasteiger partial charge in [0.05, 0.1) is 0 Å². The van der Waals surface area contributed by atoms with E-state index in [4.69, 9.17) is 0 Å². The summed E-state index contributed by atoms with van der Waals surface area (Å²) >= 11 is 0. The van der Waals surface area contributed by atoms with Crippen LogP contribution in [0, 0.1) is 17.3 Å². The molecule has 0 spiro atoms. The zero-order chi connectivity index (χ0) is 11.6. The van der Waals surface area contributed by atoms with Gasteiger partial charge in [-0.25, -0.2) is 0 Å². The second kappa shape index (κ2) is 4.54. The van der Waals surface area contributed by atoms with Gasteiger partial charge in [0.25, 0.3) is 0 Å². The Morgan fingerprint density at radius 2 is 1.93 bits per heavy atom. The van der Waals surface area contributed by atoms with Gasteiger partial charge in [-0.1, -0.05) is 34.6 Å². The number of carbonyl (C=O) groups excluding carboxylic acids is 1. The summed E-state index contributed by atoms with van der Waals surface area (Å²) in [6.07, 6.45) is 3.54. The van der Waals surface area contributed by atoms with E-state index in [-0.39, 0.29) is 11.8 Å². The van der Waals surface area contributed by atoms with Gasteiger partial charge in [-0.15, -0.1) is 0 Å². The Morgan fingerprint density at radius 1 is 1.33 bits per heavy atom. The highest BCUT2D eigenvalue weighted by atomic mass is 16.1. The van der Waals surface area contributed by atoms with E-state index in [0.29, 0.717) is 11.5 Å². The largest absolute Gasteiger partial charge is 0.353 e. The van der Waals surface area contributed by atoms with Crippen LogP contribution in [0.2, 0.25) is 0 Å². The molecule has 1 saturated carbocycles. The fraction of sp³-hybridized carbons (Fsp3) is 0.923. The van der Waals surface area contributed by atoms with Gasteiger partial charge >= 0.3 is 0 Å². The third-order valence-electron chi connectivity index (χ3n) is 3.26. The van der Waals surface area contributed by atoms with E-state index in [1.54, 1.807) is 0 Å². The highest BCUT2D eigenvalue weighted by Gasteiger charge is 2.32. The lowest BCUT2D eigenvalue weighted by atomic mass is 9.70. The number of nitrogens with one attached hydrogen (secondary N) is 1. The standard InChI is InChI=1S/C13H25NO/c1-9(2)12(15)14-11-6-10(3)7-13(4,5)8-11/h9-11H,6-8H2,1-5H3,(H,14,15). The summed E-state index contributed by atoms with van der Waals surface area (Å²) in [7, 11) is 0. The predicted molar refractivity (Wildman–Crippen MR) is 63.6 cm³/mol. The SMILES string of the molecule is CC1CC(NC(=O)C(C)C)CC(C)(C)C1. The van der Waals surface area contributed by atoms with Crippen LogP contribution in [-0.4, -0.2) is 11.9 Å². The van der Waals surface area contributed by atoms with E-state index in [9.17, 15) is 4.79 Å². The van der Waals surface area contributed by atoms with E-state index >= 15 is 0 Å². The van der Waals surface area contributed by atoms with Crippen molar-refractivity contribution >= 4 is 5.91 Å². The lowest BCUT2D eigenvalue weighted by Crippen LogP contribution is -2.44. The number of rotatable bonds is 2. The smallest absolute Gasteiger partial charge is 0.222 e. The van der Waals surface area contributed by atoms with Crippen molar-refractivity contribution < 1.29 is 4.79 Å². The summed E-state index contributed by atoms with van der Waals surface area (Å²) in [5.41, 5.74) is 0.382. The maximum absolute atomic E-state index is 11.6. The predicted octanol–water partition coefficient (Wildman–Crippen LogP) is 2.97. The molecular weight excluding hydrogens is 186 g/mol. The van der Waals surface area contributed by atoms with Gasteiger partial charge in [0.15, 0.2) is 0 Å². The first-order chi connectivity index (χ1) is 6.80. The van der Waals surface area contributed by atoms with Crippen LogP contribution < -0.4 is 5.32 Å². The molecule has 0 aromatic rings. The molecule has 1 amide bonds. The average Bonchev–Trinajstić information content (AvgIpc) is 1.99. The van der Waals surface area contributed by atoms with Gasteiger partial charge in [0.2, 0.25) is 5.91 Å². The zero-order valence-corrected chi connectivity index (χ0v) is 10.8. The van der Waals surface area contributed by atoms with Gasteiger partial charge in [-0.2, -0.15) is 0 Å². The monoisotopic (exact) mass is 211 g/mol. The molecule has 0 heterocycles. The molecule has 1 rings (SSSR count). The highest BCUT2D eigenvalue weighted by molar-refractivity contribution is 5.78. The van der Waals surface area contributed by atoms with Crippen molar-refractivity contribution in [3.63, 3.8) is 0 Å². The first kappa shape index (κ1) is 12.5. The number of hydrogen-bond donors (Lipinski definition) is 1. The van der Waals surface area contributed by atoms with Crippen molar-refractivity contribution in [2.45, 2.75) is 59.9 Å². The van der Waals surface area contributed by atoms with Crippen molar-refractivity contribution in [2.75, 3.05) is 0 Å². The van der Waals surface area contributed by atoms with Crippen molar-refractivity contribution in [2.24, 2.45) is 17.3 Å². The van der Waals surface area contributed by atoms with Gasteiger partial charge in [0.1, 0.15) is 0 Å². The lowest BCUT2D eigenvalue weighted by Gasteiger charge is -2.39. The second-order valence-electron chi connectivity index (χ2n) is 6.27. The first-order valence-corrected chi connectivity index (χ1v) is 6.10. The normalized spacial score (nSPS) is 30.3. The molecule has 2 nitrogen and oxygen atoms in total. The van der Waals surface area contributed by atoms with Crippen molar-refractivity contribution in [1.29, 1.82) is 0 Å². The molecule has 2 atom stereocenters. The van der Waals surface area contributed by atoms with Crippen molar-refractivity contribution in [1.82, 2.24) is 5.32 Å². The van der Waals surface area contributed by atoms with E-state index < -0.39 is 0 Å². The molecule has 0 radical (unpaired) electrons. The molecule has 0 aliphatic heterocycles. The summed E-state index contributed by atoms with van der Waals surface area (Å²) in [6.45, 7) is 10.8. The fourth-order valence-electron chi connectivity index (χ4n) is 2.82. The molecule has 1 N–H and O–H groups in total. The van der Waals surface area contributed by atoms with E-state index in [1.807, 2.05) is 13.8 Å². The number of carbonyl (C=O) groups is 1. The number of hydrogen-bond acceptors (Lipinski definition) is 1. The lowest BCUT2D eigenvalue weighted by molar-refractivity contribution is -0.125. The molecule has 0 aromatic carbocycles. The molecule has 15 heavy (non-hydrogen) atoms. The van der Waals surface area contributed by atoms with Crippen LogP contribution in [0.4, 0.5) is 0 Å². The molecule has 2 unspecified atom stereocenters. The molecular formula is C13H25NO. The Morgan fingerprint density at radius 3 is 2.40 bits per heavy atom. The molecule has 0 bridgehead atoms. The fourth-order valence-corrected chi connectivity index (χ4v) is 2.82. The maximum Gasteiger partial charge on any atom is 0.222 e. The Labute approximate surface area is 93.8 Å². The molecule has 88 valence electrons. The topological polar surface area (TPSA) is 29.1 Å². The van der Waals surface area contributed by atoms with Gasteiger partial charge in [-0.05, 0) is 30.6 Å². The van der Waals surface area contributed by atoms with Crippen LogP contribution in [-0.2, 0) is 4.79 Å². The highest BCUT2D eigenvalue weighted by Crippen LogP contribution is 2.38. The maximum atomic E-state index is 11.6. The molecule has 0 aromatic heterocycles. The first-order valence-electron chi connectivity index (χ1n) is 6.10. The summed E-state index contributed by atoms with van der Waals surface area (Å²) in [4.78, 5) is 11.6. The van der Waals surface area contributed by atoms with Gasteiger partial charge < -0.3 is 5.32 Å². The molecule has 0 saturated heterocycles. The summed E-state index contributed by atoms with van der Waals surface area (Å²) < 4.78 is 0. The van der Waals surface area contributed by atoms with Gasteiger partial charge in [-0.3, -0.25) is 4.79 Å². The number of amides is 1. The van der Waals surface area contributed by atoms with E-state index in [1.165, 1.54) is 6.42 Å². The molecule has 1 fully saturated rings. The van der Waals surface area contributed by atoms with Crippen LogP contribution in [0.1, 0.15) is 53.9 Å². The summed E-state index contributed by atoms with van der Waals surface area (Å²) in [6, 6.07) is 0.388. The molecule has 1 aliphatic rings. The third kappa shape index (κ3) is 3.84. The van der Waals surface area contributed by atoms with E-state index in [2.05, 4.69) is 26.1 Å². The summed E-state index contributed by atoms with van der Waals surface area (Å²) in [5.74, 6) is 1.03. The average molecular weight is 211 g/mol. The summed E-state index contributed by atoms with van der Waals surface area (Å²) in [5, 5.41) is 3.17. The third-order valence-corrected chi connectivity index (χ3v) is 3.26. The van der Waals surface area contributed by atoms with Crippen LogP contribution in [0.15, 0.2) is 0 Å². The van der Waals surface area contributed by atoms with Crippen LogP contribution in [0.3, 0.4) is 0 Å². The Bertz CT molecular complexity index is 233. The molecule has 1 aliphatic carbocycles. The van der Waals surface area contributed by atoms with Crippen molar-refractivity contribution in [3.8, 4) is 0 Å². The van der Waals surface area contributed by atoms with Crippen molar-refractivity contribution in [3.05, 3.63) is 0 Å². The second-order valence-corrected chi connectivity index (χ2v) is 6.27. The van der Waals surface area contributed by atoms with Crippen LogP contribution >= 0.6 is 0 Å². The van der Waals surface area contributed by atoms with Crippen LogP contribution in [0.5, 0.6) is 0 Å². The Kier molecular flexibility index (Phi) is 3.80. The Balaban J connectivity index is 2.52. The quantitative estimate of drug-likeness (QED) is 0.747.